The highest BCUT2D eigenvalue weighted by atomic mass is 16.5. The Morgan fingerprint density at radius 1 is 1.40 bits per heavy atom. The highest BCUT2D eigenvalue weighted by Crippen LogP contribution is 2.14. The minimum Gasteiger partial charge on any atom is -0.375 e. The lowest BCUT2D eigenvalue weighted by Gasteiger charge is -2.38. The molecule has 1 aromatic carbocycles. The van der Waals surface area contributed by atoms with Gasteiger partial charge in [0.05, 0.1) is 24.8 Å². The number of morpholine rings is 1. The highest BCUT2D eigenvalue weighted by molar-refractivity contribution is 5.82. The first-order chi connectivity index (χ1) is 9.58. The smallest absolute Gasteiger partial charge is 0.239 e. The van der Waals surface area contributed by atoms with Gasteiger partial charge in [0.25, 0.3) is 0 Å². The Morgan fingerprint density at radius 2 is 2.10 bits per heavy atom. The molecule has 0 radical (unpaired) electrons. The van der Waals surface area contributed by atoms with E-state index in [0.717, 1.165) is 6.42 Å². The summed E-state index contributed by atoms with van der Waals surface area (Å²) in [6, 6.07) is 9.82. The lowest BCUT2D eigenvalue weighted by Crippen LogP contribution is -2.55. The molecule has 1 aromatic rings. The van der Waals surface area contributed by atoms with Crippen molar-refractivity contribution in [3.63, 3.8) is 0 Å². The Hall–Kier alpha value is -1.39. The number of nitrogens with zero attached hydrogens (tertiary/aromatic N) is 1. The van der Waals surface area contributed by atoms with Crippen LogP contribution in [0.2, 0.25) is 0 Å². The Bertz CT molecular complexity index is 435. The first-order valence-corrected chi connectivity index (χ1v) is 7.29. The van der Waals surface area contributed by atoms with E-state index in [0.29, 0.717) is 19.6 Å². The van der Waals surface area contributed by atoms with Crippen LogP contribution in [0.15, 0.2) is 30.3 Å². The summed E-state index contributed by atoms with van der Waals surface area (Å²) in [7, 11) is 0. The molecule has 3 atom stereocenters. The molecule has 4 heteroatoms. The van der Waals surface area contributed by atoms with Gasteiger partial charge in [-0.1, -0.05) is 30.3 Å². The van der Waals surface area contributed by atoms with Crippen molar-refractivity contribution in [3.05, 3.63) is 35.9 Å². The fourth-order valence-corrected chi connectivity index (χ4v) is 2.51. The van der Waals surface area contributed by atoms with Crippen LogP contribution in [0, 0.1) is 0 Å². The van der Waals surface area contributed by atoms with Crippen molar-refractivity contribution in [2.24, 2.45) is 5.73 Å². The highest BCUT2D eigenvalue weighted by Gasteiger charge is 2.30. The second-order valence-electron chi connectivity index (χ2n) is 5.61. The largest absolute Gasteiger partial charge is 0.375 e. The van der Waals surface area contributed by atoms with E-state index in [1.807, 2.05) is 36.9 Å². The number of aryl methyl sites for hydroxylation is 1. The van der Waals surface area contributed by atoms with Gasteiger partial charge >= 0.3 is 0 Å². The molecule has 110 valence electrons. The molecule has 0 bridgehead atoms. The van der Waals surface area contributed by atoms with Crippen molar-refractivity contribution in [1.29, 1.82) is 0 Å². The molecule has 1 heterocycles. The molecule has 2 rings (SSSR count). The molecule has 0 spiro atoms. The molecular formula is C16H24N2O2. The van der Waals surface area contributed by atoms with Crippen LogP contribution in [0.3, 0.4) is 0 Å². The maximum absolute atomic E-state index is 12.4. The number of carbonyl (C=O) groups is 1. The summed E-state index contributed by atoms with van der Waals surface area (Å²) in [5.74, 6) is 0.0450. The van der Waals surface area contributed by atoms with Crippen molar-refractivity contribution in [3.8, 4) is 0 Å². The fraction of sp³-hybridized carbons (Fsp3) is 0.562. The van der Waals surface area contributed by atoms with Crippen molar-refractivity contribution in [2.75, 3.05) is 13.2 Å². The minimum atomic E-state index is -0.428. The maximum atomic E-state index is 12.4. The molecule has 2 unspecified atom stereocenters. The molecule has 1 saturated heterocycles. The predicted molar refractivity (Wildman–Crippen MR) is 79.3 cm³/mol. The van der Waals surface area contributed by atoms with Gasteiger partial charge in [-0.3, -0.25) is 4.79 Å². The second-order valence-corrected chi connectivity index (χ2v) is 5.61. The van der Waals surface area contributed by atoms with Crippen LogP contribution in [-0.2, 0) is 16.0 Å². The van der Waals surface area contributed by atoms with Crippen LogP contribution < -0.4 is 5.73 Å². The Morgan fingerprint density at radius 3 is 2.80 bits per heavy atom. The number of ether oxygens (including phenoxy) is 1. The van der Waals surface area contributed by atoms with Crippen LogP contribution in [0.25, 0.3) is 0 Å². The number of rotatable bonds is 4. The molecule has 20 heavy (non-hydrogen) atoms. The van der Waals surface area contributed by atoms with Gasteiger partial charge < -0.3 is 15.4 Å². The van der Waals surface area contributed by atoms with Gasteiger partial charge in [0.1, 0.15) is 0 Å². The summed E-state index contributed by atoms with van der Waals surface area (Å²) in [6.07, 6.45) is 1.61. The quantitative estimate of drug-likeness (QED) is 0.908. The molecule has 0 saturated carbocycles. The van der Waals surface area contributed by atoms with Crippen LogP contribution in [0.5, 0.6) is 0 Å². The van der Waals surface area contributed by atoms with E-state index in [-0.39, 0.29) is 18.1 Å². The zero-order valence-corrected chi connectivity index (χ0v) is 12.3. The van der Waals surface area contributed by atoms with Crippen LogP contribution in [0.1, 0.15) is 25.8 Å². The van der Waals surface area contributed by atoms with E-state index in [2.05, 4.69) is 12.1 Å². The average molecular weight is 276 g/mol. The molecule has 0 aromatic heterocycles. The van der Waals surface area contributed by atoms with Crippen molar-refractivity contribution in [1.82, 2.24) is 4.90 Å². The topological polar surface area (TPSA) is 55.6 Å². The monoisotopic (exact) mass is 276 g/mol. The normalized spacial score (nSPS) is 24.4. The van der Waals surface area contributed by atoms with Crippen molar-refractivity contribution in [2.45, 2.75) is 44.9 Å². The summed E-state index contributed by atoms with van der Waals surface area (Å²) >= 11 is 0. The third-order valence-electron chi connectivity index (χ3n) is 3.79. The van der Waals surface area contributed by atoms with Gasteiger partial charge in [-0.2, -0.15) is 0 Å². The standard InChI is InChI=1S/C16H24N2O2/c1-12-11-20-13(2)10-18(12)16(19)15(17)9-8-14-6-4-3-5-7-14/h3-7,12-13,15H,8-11,17H2,1-2H3/t12?,13?,15-/m0/s1. The SMILES string of the molecule is CC1CN(C(=O)[C@@H](N)CCc2ccccc2)C(C)CO1. The summed E-state index contributed by atoms with van der Waals surface area (Å²) in [5.41, 5.74) is 7.29. The van der Waals surface area contributed by atoms with E-state index in [1.54, 1.807) is 0 Å². The fourth-order valence-electron chi connectivity index (χ4n) is 2.51. The van der Waals surface area contributed by atoms with E-state index in [1.165, 1.54) is 5.56 Å². The first-order valence-electron chi connectivity index (χ1n) is 7.29. The van der Waals surface area contributed by atoms with Gasteiger partial charge in [-0.25, -0.2) is 0 Å². The summed E-state index contributed by atoms with van der Waals surface area (Å²) in [4.78, 5) is 14.3. The molecule has 1 aliphatic rings. The van der Waals surface area contributed by atoms with E-state index >= 15 is 0 Å². The summed E-state index contributed by atoms with van der Waals surface area (Å²) in [5, 5.41) is 0. The number of amides is 1. The molecule has 1 amide bonds. The molecule has 1 fully saturated rings. The van der Waals surface area contributed by atoms with Gasteiger partial charge in [0.2, 0.25) is 5.91 Å². The number of benzene rings is 1. The van der Waals surface area contributed by atoms with Gasteiger partial charge in [-0.05, 0) is 32.3 Å². The van der Waals surface area contributed by atoms with Crippen molar-refractivity contribution >= 4 is 5.91 Å². The van der Waals surface area contributed by atoms with E-state index < -0.39 is 6.04 Å². The van der Waals surface area contributed by atoms with Crippen LogP contribution in [-0.4, -0.2) is 42.1 Å². The Balaban J connectivity index is 1.88. The maximum Gasteiger partial charge on any atom is 0.239 e. The van der Waals surface area contributed by atoms with Crippen LogP contribution in [0.4, 0.5) is 0 Å². The number of carbonyl (C=O) groups excluding carboxylic acids is 1. The van der Waals surface area contributed by atoms with Crippen LogP contribution >= 0.6 is 0 Å². The molecule has 2 N–H and O–H groups in total. The number of hydrogen-bond donors (Lipinski definition) is 1. The summed E-state index contributed by atoms with van der Waals surface area (Å²) < 4.78 is 5.54. The van der Waals surface area contributed by atoms with E-state index in [4.69, 9.17) is 10.5 Å². The van der Waals surface area contributed by atoms with Gasteiger partial charge in [0, 0.05) is 6.54 Å². The first kappa shape index (κ1) is 15.0. The van der Waals surface area contributed by atoms with Gasteiger partial charge in [0.15, 0.2) is 0 Å². The molecule has 0 aliphatic carbocycles. The zero-order chi connectivity index (χ0) is 14.5. The Labute approximate surface area is 120 Å². The van der Waals surface area contributed by atoms with Crippen molar-refractivity contribution < 1.29 is 9.53 Å². The predicted octanol–water partition coefficient (Wildman–Crippen LogP) is 1.58. The van der Waals surface area contributed by atoms with E-state index in [9.17, 15) is 4.79 Å². The molecule has 4 nitrogen and oxygen atoms in total. The number of nitrogens with two attached hydrogens (primary N) is 1. The summed E-state index contributed by atoms with van der Waals surface area (Å²) in [6.45, 7) is 5.23. The Kier molecular flexibility index (Phi) is 5.15. The molecule has 1 aliphatic heterocycles. The third-order valence-corrected chi connectivity index (χ3v) is 3.79. The minimum absolute atomic E-state index is 0.0450. The zero-order valence-electron chi connectivity index (χ0n) is 12.3. The lowest BCUT2D eigenvalue weighted by atomic mass is 10.0. The van der Waals surface area contributed by atoms with Gasteiger partial charge in [-0.15, -0.1) is 0 Å². The third kappa shape index (κ3) is 3.81. The average Bonchev–Trinajstić information content (AvgIpc) is 2.47. The molecular weight excluding hydrogens is 252 g/mol. The second kappa shape index (κ2) is 6.86. The lowest BCUT2D eigenvalue weighted by molar-refractivity contribution is -0.144. The number of hydrogen-bond acceptors (Lipinski definition) is 3.